The van der Waals surface area contributed by atoms with Crippen molar-refractivity contribution >= 4 is 29.2 Å². The molecular weight excluding hydrogens is 436 g/mol. The first kappa shape index (κ1) is 24.1. The zero-order chi connectivity index (χ0) is 23.8. The second kappa shape index (κ2) is 11.3. The number of carbonyl (C=O) groups excluding carboxylic acids is 2. The van der Waals surface area contributed by atoms with Crippen molar-refractivity contribution in [3.05, 3.63) is 87.2 Å². The monoisotopic (exact) mass is 464 g/mol. The molecule has 1 aromatic heterocycles. The van der Waals surface area contributed by atoms with Crippen LogP contribution in [-0.2, 0) is 4.79 Å². The predicted octanol–water partition coefficient (Wildman–Crippen LogP) is 4.73. The zero-order valence-corrected chi connectivity index (χ0v) is 20.0. The lowest BCUT2D eigenvalue weighted by molar-refractivity contribution is -0.118. The lowest BCUT2D eigenvalue weighted by Gasteiger charge is -2.17. The molecule has 1 heterocycles. The molecular formula is C26H28N2O4S. The lowest BCUT2D eigenvalue weighted by atomic mass is 10.1. The third kappa shape index (κ3) is 6.95. The Morgan fingerprint density at radius 3 is 2.39 bits per heavy atom. The number of amides is 2. The molecule has 2 N–H and O–H groups in total. The van der Waals surface area contributed by atoms with E-state index in [-0.39, 0.29) is 23.6 Å². The Bertz CT molecular complexity index is 1120. The summed E-state index contributed by atoms with van der Waals surface area (Å²) in [6.07, 6.45) is 1.67. The molecule has 2 aromatic carbocycles. The number of rotatable bonds is 9. The molecule has 3 rings (SSSR count). The molecule has 6 nitrogen and oxygen atoms in total. The van der Waals surface area contributed by atoms with Crippen molar-refractivity contribution in [1.82, 2.24) is 10.6 Å². The Morgan fingerprint density at radius 2 is 1.76 bits per heavy atom. The van der Waals surface area contributed by atoms with Crippen molar-refractivity contribution in [2.75, 3.05) is 13.7 Å². The van der Waals surface area contributed by atoms with Gasteiger partial charge in [0.1, 0.15) is 23.8 Å². The summed E-state index contributed by atoms with van der Waals surface area (Å²) in [6, 6.07) is 16.1. The van der Waals surface area contributed by atoms with E-state index in [1.54, 1.807) is 37.5 Å². The van der Waals surface area contributed by atoms with Gasteiger partial charge in [-0.1, -0.05) is 12.1 Å². The van der Waals surface area contributed by atoms with E-state index < -0.39 is 0 Å². The summed E-state index contributed by atoms with van der Waals surface area (Å²) in [5, 5.41) is 7.55. The summed E-state index contributed by atoms with van der Waals surface area (Å²) in [5.74, 6) is 0.633. The van der Waals surface area contributed by atoms with Crippen LogP contribution in [0.5, 0.6) is 11.5 Å². The maximum atomic E-state index is 13.0. The van der Waals surface area contributed by atoms with E-state index in [4.69, 9.17) is 9.47 Å². The quantitative estimate of drug-likeness (QED) is 0.449. The van der Waals surface area contributed by atoms with Gasteiger partial charge in [-0.25, -0.2) is 0 Å². The average Bonchev–Trinajstić information content (AvgIpc) is 3.32. The van der Waals surface area contributed by atoms with Crippen molar-refractivity contribution in [2.45, 2.75) is 26.8 Å². The van der Waals surface area contributed by atoms with Gasteiger partial charge in [-0.05, 0) is 85.8 Å². The minimum absolute atomic E-state index is 0.163. The predicted molar refractivity (Wildman–Crippen MR) is 132 cm³/mol. The normalized spacial score (nSPS) is 12.1. The molecule has 0 saturated carbocycles. The largest absolute Gasteiger partial charge is 0.497 e. The highest BCUT2D eigenvalue weighted by molar-refractivity contribution is 7.10. The Balaban J connectivity index is 1.67. The second-order valence-corrected chi connectivity index (χ2v) is 8.67. The van der Waals surface area contributed by atoms with Gasteiger partial charge in [0.2, 0.25) is 0 Å². The van der Waals surface area contributed by atoms with Gasteiger partial charge in [-0.15, -0.1) is 11.3 Å². The van der Waals surface area contributed by atoms with Crippen LogP contribution in [0.15, 0.2) is 65.7 Å². The van der Waals surface area contributed by atoms with Crippen LogP contribution in [0.25, 0.3) is 6.08 Å². The van der Waals surface area contributed by atoms with Crippen LogP contribution in [0, 0.1) is 13.8 Å². The number of thiophene rings is 1. The summed E-state index contributed by atoms with van der Waals surface area (Å²) in [7, 11) is 1.56. The van der Waals surface area contributed by atoms with Crippen LogP contribution in [0.2, 0.25) is 0 Å². The molecule has 33 heavy (non-hydrogen) atoms. The highest BCUT2D eigenvalue weighted by Gasteiger charge is 2.17. The fourth-order valence-corrected chi connectivity index (χ4v) is 3.64. The minimum atomic E-state index is -0.388. The molecule has 0 aliphatic rings. The van der Waals surface area contributed by atoms with Crippen LogP contribution < -0.4 is 20.1 Å². The van der Waals surface area contributed by atoms with Gasteiger partial charge in [0, 0.05) is 10.4 Å². The fourth-order valence-electron chi connectivity index (χ4n) is 2.98. The van der Waals surface area contributed by atoms with E-state index in [0.717, 1.165) is 16.2 Å². The molecule has 7 heteroatoms. The molecule has 0 fully saturated rings. The topological polar surface area (TPSA) is 76.7 Å². The second-order valence-electron chi connectivity index (χ2n) is 7.69. The van der Waals surface area contributed by atoms with Crippen molar-refractivity contribution in [1.29, 1.82) is 0 Å². The van der Waals surface area contributed by atoms with E-state index in [1.165, 1.54) is 16.9 Å². The van der Waals surface area contributed by atoms with Crippen LogP contribution in [0.3, 0.4) is 0 Å². The van der Waals surface area contributed by atoms with E-state index in [0.29, 0.717) is 17.9 Å². The van der Waals surface area contributed by atoms with Crippen LogP contribution >= 0.6 is 11.3 Å². The van der Waals surface area contributed by atoms with Gasteiger partial charge in [-0.2, -0.15) is 0 Å². The van der Waals surface area contributed by atoms with E-state index in [1.807, 2.05) is 56.5 Å². The zero-order valence-electron chi connectivity index (χ0n) is 19.2. The molecule has 2 amide bonds. The number of hydrogen-bond acceptors (Lipinski definition) is 5. The summed E-state index contributed by atoms with van der Waals surface area (Å²) in [4.78, 5) is 26.6. The van der Waals surface area contributed by atoms with Gasteiger partial charge in [0.15, 0.2) is 0 Å². The molecule has 0 bridgehead atoms. The Labute approximate surface area is 198 Å². The number of ether oxygens (including phenoxy) is 2. The average molecular weight is 465 g/mol. The van der Waals surface area contributed by atoms with E-state index in [2.05, 4.69) is 10.6 Å². The van der Waals surface area contributed by atoms with Gasteiger partial charge in [0.25, 0.3) is 11.8 Å². The van der Waals surface area contributed by atoms with Crippen LogP contribution in [0.4, 0.5) is 0 Å². The van der Waals surface area contributed by atoms with Gasteiger partial charge < -0.3 is 20.1 Å². The maximum Gasteiger partial charge on any atom is 0.268 e. The van der Waals surface area contributed by atoms with Crippen molar-refractivity contribution < 1.29 is 19.1 Å². The number of methoxy groups -OCH3 is 1. The Kier molecular flexibility index (Phi) is 8.27. The SMILES string of the molecule is COc1ccc(C(=O)N/C(=C\c2cccs2)C(=O)N[C@H](C)COc2ccc(C)c(C)c2)cc1. The molecule has 0 radical (unpaired) electrons. The van der Waals surface area contributed by atoms with Gasteiger partial charge in [-0.3, -0.25) is 9.59 Å². The number of carbonyl (C=O) groups is 2. The van der Waals surface area contributed by atoms with Crippen molar-refractivity contribution in [3.8, 4) is 11.5 Å². The summed E-state index contributed by atoms with van der Waals surface area (Å²) >= 11 is 1.48. The molecule has 0 aliphatic carbocycles. The summed E-state index contributed by atoms with van der Waals surface area (Å²) in [5.41, 5.74) is 2.93. The first-order valence-electron chi connectivity index (χ1n) is 10.6. The smallest absolute Gasteiger partial charge is 0.268 e. The third-order valence-corrected chi connectivity index (χ3v) is 5.85. The first-order chi connectivity index (χ1) is 15.9. The van der Waals surface area contributed by atoms with Crippen molar-refractivity contribution in [2.24, 2.45) is 0 Å². The maximum absolute atomic E-state index is 13.0. The standard InChI is InChI=1S/C26H28N2O4S/c1-17-7-10-22(14-18(17)2)32-16-19(3)27-26(30)24(15-23-6-5-13-33-23)28-25(29)20-8-11-21(31-4)12-9-20/h5-15,19H,16H2,1-4H3,(H,27,30)(H,28,29)/b24-15-/t19-/m1/s1. The number of nitrogens with one attached hydrogen (secondary N) is 2. The number of hydrogen-bond donors (Lipinski definition) is 2. The number of aryl methyl sites for hydroxylation is 2. The fraction of sp³-hybridized carbons (Fsp3) is 0.231. The Morgan fingerprint density at radius 1 is 1.03 bits per heavy atom. The Hall–Kier alpha value is -3.58. The van der Waals surface area contributed by atoms with E-state index in [9.17, 15) is 9.59 Å². The highest BCUT2D eigenvalue weighted by atomic mass is 32.1. The van der Waals surface area contributed by atoms with Crippen molar-refractivity contribution in [3.63, 3.8) is 0 Å². The van der Waals surface area contributed by atoms with E-state index >= 15 is 0 Å². The molecule has 0 aliphatic heterocycles. The highest BCUT2D eigenvalue weighted by Crippen LogP contribution is 2.17. The molecule has 0 saturated heterocycles. The molecule has 3 aromatic rings. The summed E-state index contributed by atoms with van der Waals surface area (Å²) in [6.45, 7) is 6.23. The molecule has 1 atom stereocenters. The first-order valence-corrected chi connectivity index (χ1v) is 11.4. The van der Waals surface area contributed by atoms with Crippen LogP contribution in [-0.4, -0.2) is 31.6 Å². The molecule has 0 unspecified atom stereocenters. The molecule has 0 spiro atoms. The minimum Gasteiger partial charge on any atom is -0.497 e. The number of benzene rings is 2. The van der Waals surface area contributed by atoms with Gasteiger partial charge in [0.05, 0.1) is 13.2 Å². The third-order valence-electron chi connectivity index (χ3n) is 5.03. The lowest BCUT2D eigenvalue weighted by Crippen LogP contribution is -2.41. The van der Waals surface area contributed by atoms with Crippen LogP contribution in [0.1, 0.15) is 33.3 Å². The van der Waals surface area contributed by atoms with Gasteiger partial charge >= 0.3 is 0 Å². The summed E-state index contributed by atoms with van der Waals surface area (Å²) < 4.78 is 11.0. The molecule has 172 valence electrons.